The number of rotatable bonds is 3. The average Bonchev–Trinajstić information content (AvgIpc) is 3.23. The summed E-state index contributed by atoms with van der Waals surface area (Å²) in [5, 5.41) is 14.0. The standard InChI is InChI=1S/C17H19N3O4/c18-9-12-5-1-2-6-14(12)20-16(22)15(21)19-10-13-11-23-17(24-13)7-3-4-8-17/h1-2,5-6,13H,3-4,7-8,10-11H2,(H,19,21)(H,20,22)/t13-/m0/s1. The molecular formula is C17H19N3O4. The van der Waals surface area contributed by atoms with E-state index in [0.29, 0.717) is 17.9 Å². The van der Waals surface area contributed by atoms with Crippen LogP contribution in [0.25, 0.3) is 0 Å². The molecule has 1 saturated carbocycles. The van der Waals surface area contributed by atoms with Crippen LogP contribution in [0.1, 0.15) is 31.2 Å². The summed E-state index contributed by atoms with van der Waals surface area (Å²) >= 11 is 0. The van der Waals surface area contributed by atoms with Gasteiger partial charge in [0.2, 0.25) is 0 Å². The molecule has 1 heterocycles. The summed E-state index contributed by atoms with van der Waals surface area (Å²) in [6.45, 7) is 0.632. The van der Waals surface area contributed by atoms with E-state index in [1.165, 1.54) is 0 Å². The van der Waals surface area contributed by atoms with Gasteiger partial charge in [0.15, 0.2) is 5.79 Å². The van der Waals surface area contributed by atoms with Crippen LogP contribution in [0.15, 0.2) is 24.3 Å². The Morgan fingerprint density at radius 2 is 2.00 bits per heavy atom. The van der Waals surface area contributed by atoms with Crippen molar-refractivity contribution in [1.29, 1.82) is 5.26 Å². The second-order valence-corrected chi connectivity index (χ2v) is 5.99. The number of benzene rings is 1. The van der Waals surface area contributed by atoms with Crippen LogP contribution in [0.4, 0.5) is 5.69 Å². The van der Waals surface area contributed by atoms with Gasteiger partial charge in [-0.3, -0.25) is 9.59 Å². The summed E-state index contributed by atoms with van der Waals surface area (Å²) in [6, 6.07) is 8.46. The molecule has 1 atom stereocenters. The zero-order valence-corrected chi connectivity index (χ0v) is 13.2. The first kappa shape index (κ1) is 16.4. The molecule has 1 saturated heterocycles. The largest absolute Gasteiger partial charge is 0.347 e. The monoisotopic (exact) mass is 329 g/mol. The van der Waals surface area contributed by atoms with E-state index in [9.17, 15) is 9.59 Å². The van der Waals surface area contributed by atoms with Crippen molar-refractivity contribution in [2.45, 2.75) is 37.6 Å². The normalized spacial score (nSPS) is 21.4. The first-order valence-corrected chi connectivity index (χ1v) is 8.02. The van der Waals surface area contributed by atoms with Crippen LogP contribution in [0.2, 0.25) is 0 Å². The first-order chi connectivity index (χ1) is 11.6. The fourth-order valence-corrected chi connectivity index (χ4v) is 3.05. The van der Waals surface area contributed by atoms with Crippen molar-refractivity contribution in [3.8, 4) is 6.07 Å². The van der Waals surface area contributed by atoms with E-state index in [4.69, 9.17) is 14.7 Å². The maximum Gasteiger partial charge on any atom is 0.313 e. The molecule has 2 amide bonds. The maximum absolute atomic E-state index is 11.9. The predicted octanol–water partition coefficient (Wildman–Crippen LogP) is 1.30. The number of carbonyl (C=O) groups is 2. The number of para-hydroxylation sites is 1. The van der Waals surface area contributed by atoms with Crippen molar-refractivity contribution in [3.05, 3.63) is 29.8 Å². The second-order valence-electron chi connectivity index (χ2n) is 5.99. The number of nitrogens with zero attached hydrogens (tertiary/aromatic N) is 1. The van der Waals surface area contributed by atoms with Crippen LogP contribution < -0.4 is 10.6 Å². The Hall–Kier alpha value is -2.43. The topological polar surface area (TPSA) is 100 Å². The highest BCUT2D eigenvalue weighted by atomic mass is 16.7. The minimum absolute atomic E-state index is 0.216. The highest BCUT2D eigenvalue weighted by Gasteiger charge is 2.43. The van der Waals surface area contributed by atoms with Gasteiger partial charge in [-0.15, -0.1) is 0 Å². The minimum atomic E-state index is -0.813. The smallest absolute Gasteiger partial charge is 0.313 e. The van der Waals surface area contributed by atoms with Crippen molar-refractivity contribution in [2.75, 3.05) is 18.5 Å². The second kappa shape index (κ2) is 6.99. The summed E-state index contributed by atoms with van der Waals surface area (Å²) < 4.78 is 11.6. The fraction of sp³-hybridized carbons (Fsp3) is 0.471. The number of hydrogen-bond acceptors (Lipinski definition) is 5. The molecule has 24 heavy (non-hydrogen) atoms. The average molecular weight is 329 g/mol. The molecule has 3 rings (SSSR count). The molecule has 1 aromatic rings. The van der Waals surface area contributed by atoms with Crippen molar-refractivity contribution < 1.29 is 19.1 Å². The molecule has 7 nitrogen and oxygen atoms in total. The molecule has 1 aliphatic carbocycles. The van der Waals surface area contributed by atoms with Gasteiger partial charge in [0, 0.05) is 19.4 Å². The Morgan fingerprint density at radius 3 is 2.75 bits per heavy atom. The van der Waals surface area contributed by atoms with Crippen LogP contribution in [0.5, 0.6) is 0 Å². The lowest BCUT2D eigenvalue weighted by atomic mass is 10.2. The van der Waals surface area contributed by atoms with Crippen LogP contribution in [-0.4, -0.2) is 36.9 Å². The van der Waals surface area contributed by atoms with Gasteiger partial charge in [0.05, 0.1) is 17.9 Å². The van der Waals surface area contributed by atoms with Gasteiger partial charge in [-0.25, -0.2) is 0 Å². The number of amides is 2. The lowest BCUT2D eigenvalue weighted by molar-refractivity contribution is -0.161. The van der Waals surface area contributed by atoms with Gasteiger partial charge in [-0.1, -0.05) is 12.1 Å². The van der Waals surface area contributed by atoms with E-state index in [2.05, 4.69) is 10.6 Å². The van der Waals surface area contributed by atoms with Gasteiger partial charge in [0.25, 0.3) is 0 Å². The number of anilines is 1. The third-order valence-corrected chi connectivity index (χ3v) is 4.27. The van der Waals surface area contributed by atoms with E-state index in [1.807, 2.05) is 6.07 Å². The zero-order valence-electron chi connectivity index (χ0n) is 13.2. The van der Waals surface area contributed by atoms with Crippen molar-refractivity contribution in [1.82, 2.24) is 5.32 Å². The van der Waals surface area contributed by atoms with Gasteiger partial charge >= 0.3 is 11.8 Å². The first-order valence-electron chi connectivity index (χ1n) is 8.02. The lowest BCUT2D eigenvalue weighted by Gasteiger charge is -2.21. The van der Waals surface area contributed by atoms with Crippen molar-refractivity contribution in [2.24, 2.45) is 0 Å². The van der Waals surface area contributed by atoms with E-state index >= 15 is 0 Å². The summed E-state index contributed by atoms with van der Waals surface area (Å²) in [5.41, 5.74) is 0.611. The zero-order chi connectivity index (χ0) is 17.0. The van der Waals surface area contributed by atoms with Crippen LogP contribution in [0.3, 0.4) is 0 Å². The van der Waals surface area contributed by atoms with Crippen molar-refractivity contribution >= 4 is 17.5 Å². The Labute approximate surface area is 139 Å². The van der Waals surface area contributed by atoms with E-state index in [-0.39, 0.29) is 12.6 Å². The fourth-order valence-electron chi connectivity index (χ4n) is 3.05. The Kier molecular flexibility index (Phi) is 4.79. The minimum Gasteiger partial charge on any atom is -0.347 e. The highest BCUT2D eigenvalue weighted by Crippen LogP contribution is 2.38. The van der Waals surface area contributed by atoms with Crippen LogP contribution in [0, 0.1) is 11.3 Å². The molecule has 2 fully saturated rings. The molecular weight excluding hydrogens is 310 g/mol. The maximum atomic E-state index is 11.9. The molecule has 0 bridgehead atoms. The Morgan fingerprint density at radius 1 is 1.25 bits per heavy atom. The predicted molar refractivity (Wildman–Crippen MR) is 84.8 cm³/mol. The quantitative estimate of drug-likeness (QED) is 0.814. The Balaban J connectivity index is 1.48. The molecule has 2 aliphatic rings. The van der Waals surface area contributed by atoms with Gasteiger partial charge in [-0.05, 0) is 25.0 Å². The van der Waals surface area contributed by atoms with Crippen molar-refractivity contribution in [3.63, 3.8) is 0 Å². The molecule has 1 spiro atoms. The summed E-state index contributed by atoms with van der Waals surface area (Å²) in [7, 11) is 0. The summed E-state index contributed by atoms with van der Waals surface area (Å²) in [6.07, 6.45) is 3.68. The molecule has 0 radical (unpaired) electrons. The number of nitriles is 1. The molecule has 1 aliphatic heterocycles. The van der Waals surface area contributed by atoms with E-state index < -0.39 is 17.6 Å². The molecule has 2 N–H and O–H groups in total. The molecule has 1 aromatic carbocycles. The number of carbonyl (C=O) groups excluding carboxylic acids is 2. The summed E-state index contributed by atoms with van der Waals surface area (Å²) in [4.78, 5) is 23.8. The third kappa shape index (κ3) is 3.55. The van der Waals surface area contributed by atoms with Gasteiger partial charge in [-0.2, -0.15) is 5.26 Å². The molecule has 0 aromatic heterocycles. The third-order valence-electron chi connectivity index (χ3n) is 4.27. The van der Waals surface area contributed by atoms with E-state index in [0.717, 1.165) is 25.7 Å². The number of hydrogen-bond donors (Lipinski definition) is 2. The lowest BCUT2D eigenvalue weighted by Crippen LogP contribution is -2.40. The Bertz CT molecular complexity index is 677. The number of ether oxygens (including phenoxy) is 2. The van der Waals surface area contributed by atoms with Gasteiger partial charge in [0.1, 0.15) is 12.2 Å². The van der Waals surface area contributed by atoms with Crippen LogP contribution in [-0.2, 0) is 19.1 Å². The molecule has 126 valence electrons. The van der Waals surface area contributed by atoms with Crippen LogP contribution >= 0.6 is 0 Å². The van der Waals surface area contributed by atoms with Gasteiger partial charge < -0.3 is 20.1 Å². The summed E-state index contributed by atoms with van der Waals surface area (Å²) in [5.74, 6) is -2.06. The number of nitrogens with one attached hydrogen (secondary N) is 2. The molecule has 0 unspecified atom stereocenters. The van der Waals surface area contributed by atoms with E-state index in [1.54, 1.807) is 24.3 Å². The molecule has 7 heteroatoms. The highest BCUT2D eigenvalue weighted by molar-refractivity contribution is 6.39. The SMILES string of the molecule is N#Cc1ccccc1NC(=O)C(=O)NC[C@H]1COC2(CCCC2)O1.